The summed E-state index contributed by atoms with van der Waals surface area (Å²) in [6.07, 6.45) is 4.50. The Morgan fingerprint density at radius 1 is 1.23 bits per heavy atom. The Kier molecular flexibility index (Phi) is 5.06. The number of ether oxygens (including phenoxy) is 1. The molecule has 1 amide bonds. The van der Waals surface area contributed by atoms with Crippen molar-refractivity contribution in [1.29, 1.82) is 0 Å². The first-order valence-electron chi connectivity index (χ1n) is 7.63. The SMILES string of the molecule is Cc1cc(C(=O)N(C)C2CCCC2)cc(C)c1OCC(=O)O. The van der Waals surface area contributed by atoms with Crippen molar-refractivity contribution in [2.45, 2.75) is 45.6 Å². The normalized spacial score (nSPS) is 14.9. The summed E-state index contributed by atoms with van der Waals surface area (Å²) in [6, 6.07) is 3.88. The van der Waals surface area contributed by atoms with Gasteiger partial charge >= 0.3 is 5.97 Å². The number of amides is 1. The molecule has 1 N–H and O–H groups in total. The number of carbonyl (C=O) groups excluding carboxylic acids is 1. The van der Waals surface area contributed by atoms with Gasteiger partial charge in [-0.1, -0.05) is 12.8 Å². The van der Waals surface area contributed by atoms with Gasteiger partial charge in [-0.3, -0.25) is 4.79 Å². The molecule has 22 heavy (non-hydrogen) atoms. The van der Waals surface area contributed by atoms with Crippen molar-refractivity contribution in [3.8, 4) is 5.75 Å². The van der Waals surface area contributed by atoms with Gasteiger partial charge in [0.2, 0.25) is 0 Å². The van der Waals surface area contributed by atoms with Crippen LogP contribution in [0.2, 0.25) is 0 Å². The lowest BCUT2D eigenvalue weighted by molar-refractivity contribution is -0.139. The minimum absolute atomic E-state index is 0.0166. The molecule has 0 aromatic heterocycles. The highest BCUT2D eigenvalue weighted by Crippen LogP contribution is 2.27. The van der Waals surface area contributed by atoms with E-state index in [1.54, 1.807) is 12.1 Å². The average Bonchev–Trinajstić information content (AvgIpc) is 2.98. The Bertz CT molecular complexity index is 553. The fraction of sp³-hybridized carbons (Fsp3) is 0.529. The Hall–Kier alpha value is -2.04. The maximum atomic E-state index is 12.6. The van der Waals surface area contributed by atoms with Gasteiger partial charge in [-0.15, -0.1) is 0 Å². The predicted molar refractivity (Wildman–Crippen MR) is 83.4 cm³/mol. The lowest BCUT2D eigenvalue weighted by Gasteiger charge is -2.25. The van der Waals surface area contributed by atoms with E-state index >= 15 is 0 Å². The van der Waals surface area contributed by atoms with E-state index in [9.17, 15) is 9.59 Å². The third-order valence-electron chi connectivity index (χ3n) is 4.24. The summed E-state index contributed by atoms with van der Waals surface area (Å²) >= 11 is 0. The molecule has 1 aliphatic rings. The lowest BCUT2D eigenvalue weighted by atomic mass is 10.0. The second-order valence-electron chi connectivity index (χ2n) is 5.98. The van der Waals surface area contributed by atoms with Crippen LogP contribution in [0.15, 0.2) is 12.1 Å². The van der Waals surface area contributed by atoms with Gasteiger partial charge in [0.15, 0.2) is 6.61 Å². The zero-order valence-electron chi connectivity index (χ0n) is 13.4. The molecular formula is C17H23NO4. The minimum atomic E-state index is -1.01. The first-order chi connectivity index (χ1) is 10.4. The third kappa shape index (κ3) is 3.59. The van der Waals surface area contributed by atoms with E-state index in [4.69, 9.17) is 9.84 Å². The summed E-state index contributed by atoms with van der Waals surface area (Å²) in [4.78, 5) is 25.1. The van der Waals surface area contributed by atoms with Crippen LogP contribution < -0.4 is 4.74 Å². The minimum Gasteiger partial charge on any atom is -0.481 e. The van der Waals surface area contributed by atoms with Crippen molar-refractivity contribution < 1.29 is 19.4 Å². The molecule has 0 atom stereocenters. The molecule has 5 heteroatoms. The van der Waals surface area contributed by atoms with Gasteiger partial charge in [0.05, 0.1) is 0 Å². The number of carboxylic acid groups (broad SMARTS) is 1. The molecule has 0 radical (unpaired) electrons. The van der Waals surface area contributed by atoms with Crippen molar-refractivity contribution in [3.05, 3.63) is 28.8 Å². The van der Waals surface area contributed by atoms with Gasteiger partial charge in [-0.2, -0.15) is 0 Å². The lowest BCUT2D eigenvalue weighted by Crippen LogP contribution is -2.35. The van der Waals surface area contributed by atoms with E-state index in [0.717, 1.165) is 24.0 Å². The largest absolute Gasteiger partial charge is 0.481 e. The Balaban J connectivity index is 2.18. The third-order valence-corrected chi connectivity index (χ3v) is 4.24. The topological polar surface area (TPSA) is 66.8 Å². The smallest absolute Gasteiger partial charge is 0.341 e. The van der Waals surface area contributed by atoms with E-state index in [2.05, 4.69) is 0 Å². The summed E-state index contributed by atoms with van der Waals surface area (Å²) in [7, 11) is 1.86. The molecule has 0 bridgehead atoms. The number of carboxylic acids is 1. The molecule has 1 aromatic carbocycles. The fourth-order valence-corrected chi connectivity index (χ4v) is 3.10. The molecular weight excluding hydrogens is 282 g/mol. The van der Waals surface area contributed by atoms with Crippen LogP contribution in [0.3, 0.4) is 0 Å². The standard InChI is InChI=1S/C17H23NO4/c1-11-8-13(9-12(2)16(11)22-10-15(19)20)17(21)18(3)14-6-4-5-7-14/h8-9,14H,4-7,10H2,1-3H3,(H,19,20). The number of hydrogen-bond donors (Lipinski definition) is 1. The predicted octanol–water partition coefficient (Wildman–Crippen LogP) is 2.78. The van der Waals surface area contributed by atoms with Gasteiger partial charge in [0.1, 0.15) is 5.75 Å². The fourth-order valence-electron chi connectivity index (χ4n) is 3.10. The number of carbonyl (C=O) groups is 2. The van der Waals surface area contributed by atoms with Crippen molar-refractivity contribution in [1.82, 2.24) is 4.90 Å². The van der Waals surface area contributed by atoms with Crippen LogP contribution in [0, 0.1) is 13.8 Å². The molecule has 0 spiro atoms. The van der Waals surface area contributed by atoms with Crippen LogP contribution >= 0.6 is 0 Å². The summed E-state index contributed by atoms with van der Waals surface area (Å²) in [5.41, 5.74) is 2.20. The van der Waals surface area contributed by atoms with E-state index in [1.165, 1.54) is 12.8 Å². The van der Waals surface area contributed by atoms with Crippen LogP contribution in [0.25, 0.3) is 0 Å². The number of aliphatic carboxylic acids is 1. The Labute approximate surface area is 130 Å². The van der Waals surface area contributed by atoms with Crippen LogP contribution in [0.5, 0.6) is 5.75 Å². The van der Waals surface area contributed by atoms with Gasteiger partial charge in [0, 0.05) is 18.7 Å². The van der Waals surface area contributed by atoms with E-state index < -0.39 is 5.97 Å². The highest BCUT2D eigenvalue weighted by atomic mass is 16.5. The van der Waals surface area contributed by atoms with Gasteiger partial charge in [-0.05, 0) is 49.9 Å². The van der Waals surface area contributed by atoms with Crippen molar-refractivity contribution in [2.24, 2.45) is 0 Å². The van der Waals surface area contributed by atoms with Gasteiger partial charge in [-0.25, -0.2) is 4.79 Å². The molecule has 1 aromatic rings. The Morgan fingerprint density at radius 2 is 1.77 bits per heavy atom. The maximum absolute atomic E-state index is 12.6. The molecule has 1 saturated carbocycles. The van der Waals surface area contributed by atoms with E-state index in [1.807, 2.05) is 25.8 Å². The molecule has 0 unspecified atom stereocenters. The number of rotatable bonds is 5. The molecule has 0 saturated heterocycles. The number of benzene rings is 1. The molecule has 5 nitrogen and oxygen atoms in total. The summed E-state index contributed by atoms with van der Waals surface area (Å²) in [5.74, 6) is -0.453. The van der Waals surface area contributed by atoms with Gasteiger partial charge < -0.3 is 14.7 Å². The molecule has 2 rings (SSSR count). The highest BCUT2D eigenvalue weighted by molar-refractivity contribution is 5.95. The van der Waals surface area contributed by atoms with Crippen LogP contribution in [-0.2, 0) is 4.79 Å². The first-order valence-corrected chi connectivity index (χ1v) is 7.63. The van der Waals surface area contributed by atoms with Gasteiger partial charge in [0.25, 0.3) is 5.91 Å². The van der Waals surface area contributed by atoms with Crippen molar-refractivity contribution in [2.75, 3.05) is 13.7 Å². The quantitative estimate of drug-likeness (QED) is 0.908. The van der Waals surface area contributed by atoms with Crippen molar-refractivity contribution in [3.63, 3.8) is 0 Å². The van der Waals surface area contributed by atoms with Crippen LogP contribution in [0.4, 0.5) is 0 Å². The summed E-state index contributed by atoms with van der Waals surface area (Å²) in [6.45, 7) is 3.28. The molecule has 120 valence electrons. The Morgan fingerprint density at radius 3 is 2.27 bits per heavy atom. The first kappa shape index (κ1) is 16.3. The highest BCUT2D eigenvalue weighted by Gasteiger charge is 2.25. The number of aryl methyl sites for hydroxylation is 2. The van der Waals surface area contributed by atoms with Crippen molar-refractivity contribution >= 4 is 11.9 Å². The summed E-state index contributed by atoms with van der Waals surface area (Å²) in [5, 5.41) is 8.71. The molecule has 0 heterocycles. The van der Waals surface area contributed by atoms with E-state index in [-0.39, 0.29) is 12.5 Å². The molecule has 0 aliphatic heterocycles. The molecule has 1 aliphatic carbocycles. The number of nitrogens with zero attached hydrogens (tertiary/aromatic N) is 1. The van der Waals surface area contributed by atoms with Crippen LogP contribution in [-0.4, -0.2) is 41.6 Å². The maximum Gasteiger partial charge on any atom is 0.341 e. The zero-order valence-corrected chi connectivity index (χ0v) is 13.4. The second kappa shape index (κ2) is 6.81. The van der Waals surface area contributed by atoms with E-state index in [0.29, 0.717) is 17.4 Å². The second-order valence-corrected chi connectivity index (χ2v) is 5.98. The zero-order chi connectivity index (χ0) is 16.3. The monoisotopic (exact) mass is 305 g/mol. The number of hydrogen-bond acceptors (Lipinski definition) is 3. The summed E-state index contributed by atoms with van der Waals surface area (Å²) < 4.78 is 5.30. The van der Waals surface area contributed by atoms with Crippen LogP contribution in [0.1, 0.15) is 47.2 Å². The molecule has 1 fully saturated rings. The average molecular weight is 305 g/mol.